The van der Waals surface area contributed by atoms with Gasteiger partial charge in [-0.2, -0.15) is 0 Å². The van der Waals surface area contributed by atoms with Gasteiger partial charge in [-0.3, -0.25) is 0 Å². The van der Waals surface area contributed by atoms with E-state index >= 15 is 0 Å². The molecule has 0 saturated heterocycles. The second kappa shape index (κ2) is 8.06. The van der Waals surface area contributed by atoms with Crippen LogP contribution in [0.1, 0.15) is 20.3 Å². The van der Waals surface area contributed by atoms with Crippen LogP contribution in [-0.4, -0.2) is 37.4 Å². The minimum absolute atomic E-state index is 0.109. The summed E-state index contributed by atoms with van der Waals surface area (Å²) in [6.07, 6.45) is 0.842. The van der Waals surface area contributed by atoms with Gasteiger partial charge in [0.05, 0.1) is 6.61 Å². The number of anilines is 1. The zero-order valence-electron chi connectivity index (χ0n) is 11.2. The monoisotopic (exact) mass is 254 g/mol. The van der Waals surface area contributed by atoms with Crippen LogP contribution in [0.25, 0.3) is 0 Å². The van der Waals surface area contributed by atoms with Crippen LogP contribution in [0.4, 0.5) is 10.1 Å². The Labute approximate surface area is 109 Å². The fourth-order valence-corrected chi connectivity index (χ4v) is 2.00. The van der Waals surface area contributed by atoms with E-state index in [1.807, 2.05) is 19.9 Å². The van der Waals surface area contributed by atoms with Gasteiger partial charge < -0.3 is 15.3 Å². The van der Waals surface area contributed by atoms with E-state index in [1.165, 1.54) is 6.07 Å². The van der Waals surface area contributed by atoms with Crippen molar-refractivity contribution in [1.82, 2.24) is 5.32 Å². The Bertz CT molecular complexity index is 346. The number of aliphatic hydroxyl groups excluding tert-OH is 1. The Morgan fingerprint density at radius 2 is 2.17 bits per heavy atom. The number of hydrogen-bond donors (Lipinski definition) is 2. The van der Waals surface area contributed by atoms with Crippen LogP contribution in [-0.2, 0) is 0 Å². The van der Waals surface area contributed by atoms with Crippen LogP contribution in [0.3, 0.4) is 0 Å². The number of nitrogens with zero attached hydrogens (tertiary/aromatic N) is 1. The lowest BCUT2D eigenvalue weighted by molar-refractivity contribution is 0.238. The maximum absolute atomic E-state index is 13.2. The largest absolute Gasteiger partial charge is 0.395 e. The van der Waals surface area contributed by atoms with Crippen molar-refractivity contribution in [2.45, 2.75) is 26.3 Å². The number of likely N-dealkylation sites (N-methyl/N-ethyl adjacent to an activating group) is 1. The summed E-state index contributed by atoms with van der Waals surface area (Å²) in [5.74, 6) is -0.212. The molecule has 3 nitrogen and oxygen atoms in total. The lowest BCUT2D eigenvalue weighted by atomic mass is 10.2. The molecule has 0 saturated carbocycles. The topological polar surface area (TPSA) is 35.5 Å². The smallest absolute Gasteiger partial charge is 0.125 e. The van der Waals surface area contributed by atoms with Crippen molar-refractivity contribution in [3.05, 3.63) is 30.1 Å². The molecule has 2 N–H and O–H groups in total. The number of halogens is 1. The minimum Gasteiger partial charge on any atom is -0.395 e. The van der Waals surface area contributed by atoms with Crippen molar-refractivity contribution < 1.29 is 9.50 Å². The van der Waals surface area contributed by atoms with E-state index in [2.05, 4.69) is 10.2 Å². The molecule has 0 radical (unpaired) electrons. The average molecular weight is 254 g/mol. The molecule has 0 aromatic heterocycles. The number of hydrogen-bond acceptors (Lipinski definition) is 3. The van der Waals surface area contributed by atoms with Crippen LogP contribution < -0.4 is 10.2 Å². The van der Waals surface area contributed by atoms with Crippen molar-refractivity contribution in [3.8, 4) is 0 Å². The highest BCUT2D eigenvalue weighted by molar-refractivity contribution is 5.46. The molecule has 1 unspecified atom stereocenters. The lowest BCUT2D eigenvalue weighted by Gasteiger charge is -2.25. The Morgan fingerprint density at radius 1 is 1.39 bits per heavy atom. The second-order valence-electron chi connectivity index (χ2n) is 4.29. The molecule has 1 rings (SSSR count). The van der Waals surface area contributed by atoms with Gasteiger partial charge in [0.2, 0.25) is 0 Å². The van der Waals surface area contributed by atoms with Crippen molar-refractivity contribution in [2.24, 2.45) is 0 Å². The standard InChI is InChI=1S/C14H23FN2O/c1-3-16-13(11-18)8-9-17(4-2)14-7-5-6-12(15)10-14/h5-7,10,13,16,18H,3-4,8-9,11H2,1-2H3. The molecule has 0 aliphatic heterocycles. The molecular weight excluding hydrogens is 231 g/mol. The maximum atomic E-state index is 13.2. The van der Waals surface area contributed by atoms with Crippen LogP contribution >= 0.6 is 0 Å². The van der Waals surface area contributed by atoms with E-state index < -0.39 is 0 Å². The SMILES string of the molecule is CCNC(CO)CCN(CC)c1cccc(F)c1. The van der Waals surface area contributed by atoms with Crippen LogP contribution in [0.15, 0.2) is 24.3 Å². The van der Waals surface area contributed by atoms with E-state index in [0.717, 1.165) is 31.7 Å². The summed E-state index contributed by atoms with van der Waals surface area (Å²) >= 11 is 0. The van der Waals surface area contributed by atoms with E-state index in [-0.39, 0.29) is 18.5 Å². The van der Waals surface area contributed by atoms with E-state index in [9.17, 15) is 9.50 Å². The predicted molar refractivity (Wildman–Crippen MR) is 73.5 cm³/mol. The molecule has 4 heteroatoms. The fourth-order valence-electron chi connectivity index (χ4n) is 2.00. The molecule has 18 heavy (non-hydrogen) atoms. The molecule has 0 amide bonds. The molecule has 1 aromatic carbocycles. The van der Waals surface area contributed by atoms with Crippen LogP contribution in [0.5, 0.6) is 0 Å². The van der Waals surface area contributed by atoms with Crippen molar-refractivity contribution in [2.75, 3.05) is 31.1 Å². The molecule has 0 spiro atoms. The Hall–Kier alpha value is -1.13. The average Bonchev–Trinajstić information content (AvgIpc) is 2.38. The second-order valence-corrected chi connectivity index (χ2v) is 4.29. The van der Waals surface area contributed by atoms with Crippen molar-refractivity contribution in [3.63, 3.8) is 0 Å². The van der Waals surface area contributed by atoms with Gasteiger partial charge in [-0.15, -0.1) is 0 Å². The normalized spacial score (nSPS) is 12.4. The molecule has 102 valence electrons. The van der Waals surface area contributed by atoms with Gasteiger partial charge in [-0.1, -0.05) is 13.0 Å². The first kappa shape index (κ1) is 14.9. The first-order valence-electron chi connectivity index (χ1n) is 6.56. The van der Waals surface area contributed by atoms with Crippen LogP contribution in [0, 0.1) is 5.82 Å². The van der Waals surface area contributed by atoms with Gasteiger partial charge in [0.25, 0.3) is 0 Å². The number of aliphatic hydroxyl groups is 1. The van der Waals surface area contributed by atoms with E-state index in [4.69, 9.17) is 0 Å². The summed E-state index contributed by atoms with van der Waals surface area (Å²) in [6, 6.07) is 6.74. The van der Waals surface area contributed by atoms with Crippen molar-refractivity contribution in [1.29, 1.82) is 0 Å². The molecule has 1 atom stereocenters. The Kier molecular flexibility index (Phi) is 6.68. The van der Waals surface area contributed by atoms with Crippen molar-refractivity contribution >= 4 is 5.69 Å². The number of benzene rings is 1. The number of rotatable bonds is 8. The van der Waals surface area contributed by atoms with Crippen LogP contribution in [0.2, 0.25) is 0 Å². The Balaban J connectivity index is 2.56. The van der Waals surface area contributed by atoms with Gasteiger partial charge in [-0.05, 0) is 38.1 Å². The minimum atomic E-state index is -0.212. The summed E-state index contributed by atoms with van der Waals surface area (Å²) in [5, 5.41) is 12.4. The summed E-state index contributed by atoms with van der Waals surface area (Å²) in [5.41, 5.74) is 0.894. The summed E-state index contributed by atoms with van der Waals surface area (Å²) in [7, 11) is 0. The molecular formula is C14H23FN2O. The summed E-state index contributed by atoms with van der Waals surface area (Å²) < 4.78 is 13.2. The molecule has 0 fully saturated rings. The maximum Gasteiger partial charge on any atom is 0.125 e. The third kappa shape index (κ3) is 4.63. The quantitative estimate of drug-likeness (QED) is 0.745. The van der Waals surface area contributed by atoms with Gasteiger partial charge in [0, 0.05) is 24.8 Å². The summed E-state index contributed by atoms with van der Waals surface area (Å²) in [4.78, 5) is 2.11. The molecule has 0 aliphatic carbocycles. The zero-order valence-corrected chi connectivity index (χ0v) is 11.2. The van der Waals surface area contributed by atoms with E-state index in [1.54, 1.807) is 12.1 Å². The molecule has 1 aromatic rings. The molecule has 0 bridgehead atoms. The Morgan fingerprint density at radius 3 is 2.72 bits per heavy atom. The summed E-state index contributed by atoms with van der Waals surface area (Å²) in [6.45, 7) is 6.68. The van der Waals surface area contributed by atoms with Gasteiger partial charge in [0.1, 0.15) is 5.82 Å². The van der Waals surface area contributed by atoms with E-state index in [0.29, 0.717) is 0 Å². The van der Waals surface area contributed by atoms with Gasteiger partial charge in [-0.25, -0.2) is 4.39 Å². The van der Waals surface area contributed by atoms with Gasteiger partial charge >= 0.3 is 0 Å². The zero-order chi connectivity index (χ0) is 13.4. The first-order valence-corrected chi connectivity index (χ1v) is 6.56. The highest BCUT2D eigenvalue weighted by Gasteiger charge is 2.10. The first-order chi connectivity index (χ1) is 8.71. The third-order valence-electron chi connectivity index (χ3n) is 3.02. The predicted octanol–water partition coefficient (Wildman–Crippen LogP) is 2.01. The fraction of sp³-hybridized carbons (Fsp3) is 0.571. The molecule has 0 aliphatic rings. The number of nitrogens with one attached hydrogen (secondary N) is 1. The third-order valence-corrected chi connectivity index (χ3v) is 3.02. The molecule has 0 heterocycles. The lowest BCUT2D eigenvalue weighted by Crippen LogP contribution is -2.36. The van der Waals surface area contributed by atoms with Gasteiger partial charge in [0.15, 0.2) is 0 Å². The highest BCUT2D eigenvalue weighted by atomic mass is 19.1. The highest BCUT2D eigenvalue weighted by Crippen LogP contribution is 2.15.